The Morgan fingerprint density at radius 3 is 1.97 bits per heavy atom. The molecule has 12 heteroatoms. The lowest BCUT2D eigenvalue weighted by Gasteiger charge is -2.12. The van der Waals surface area contributed by atoms with Gasteiger partial charge in [-0.15, -0.1) is 0 Å². The first-order chi connectivity index (χ1) is 14.1. The third-order valence-corrected chi connectivity index (χ3v) is 3.93. The molecule has 0 aliphatic rings. The van der Waals surface area contributed by atoms with Crippen molar-refractivity contribution >= 4 is 51.9 Å². The van der Waals surface area contributed by atoms with Crippen molar-refractivity contribution < 1.29 is 19.4 Å². The van der Waals surface area contributed by atoms with Crippen LogP contribution in [0.25, 0.3) is 0 Å². The standard InChI is InChI=1S/C18H17N5O6S/c1-10(2)16(24)19-12-4-3-5-13(8-12)20-18(30)21-17(25)11-6-14(22(26)27)9-15(7-11)23(28)29/h3-10H,1-2H3,(H,19,24)(H2,20,21,25,30). The van der Waals surface area contributed by atoms with E-state index in [1.165, 1.54) is 0 Å². The highest BCUT2D eigenvalue weighted by Gasteiger charge is 2.20. The number of hydrogen-bond donors (Lipinski definition) is 3. The largest absolute Gasteiger partial charge is 0.332 e. The average molecular weight is 431 g/mol. The number of thiocarbonyl (C=S) groups is 1. The Kier molecular flexibility index (Phi) is 7.09. The van der Waals surface area contributed by atoms with Crippen LogP contribution in [0.3, 0.4) is 0 Å². The smallest absolute Gasteiger partial charge is 0.277 e. The molecule has 0 aliphatic carbocycles. The number of nitrogens with one attached hydrogen (secondary N) is 3. The highest BCUT2D eigenvalue weighted by Crippen LogP contribution is 2.23. The zero-order chi connectivity index (χ0) is 22.4. The van der Waals surface area contributed by atoms with Crippen LogP contribution in [0.15, 0.2) is 42.5 Å². The molecule has 0 bridgehead atoms. The van der Waals surface area contributed by atoms with Gasteiger partial charge in [-0.2, -0.15) is 0 Å². The molecule has 0 aromatic heterocycles. The van der Waals surface area contributed by atoms with E-state index in [9.17, 15) is 29.8 Å². The van der Waals surface area contributed by atoms with Crippen molar-refractivity contribution in [2.75, 3.05) is 10.6 Å². The molecular weight excluding hydrogens is 414 g/mol. The van der Waals surface area contributed by atoms with Crippen molar-refractivity contribution in [3.63, 3.8) is 0 Å². The van der Waals surface area contributed by atoms with Gasteiger partial charge in [0.25, 0.3) is 17.3 Å². The van der Waals surface area contributed by atoms with Gasteiger partial charge in [0.05, 0.1) is 21.5 Å². The van der Waals surface area contributed by atoms with Crippen LogP contribution >= 0.6 is 12.2 Å². The molecule has 0 saturated heterocycles. The van der Waals surface area contributed by atoms with E-state index in [-0.39, 0.29) is 22.5 Å². The predicted octanol–water partition coefficient (Wildman–Crippen LogP) is 3.22. The average Bonchev–Trinajstić information content (AvgIpc) is 2.67. The van der Waals surface area contributed by atoms with Crippen LogP contribution in [0.1, 0.15) is 24.2 Å². The number of non-ortho nitro benzene ring substituents is 2. The number of anilines is 2. The second kappa shape index (κ2) is 9.52. The maximum atomic E-state index is 12.3. The van der Waals surface area contributed by atoms with Crippen LogP contribution in [-0.2, 0) is 4.79 Å². The number of nitrogens with zero attached hydrogens (tertiary/aromatic N) is 2. The maximum Gasteiger partial charge on any atom is 0.277 e. The number of benzene rings is 2. The molecule has 30 heavy (non-hydrogen) atoms. The molecule has 0 atom stereocenters. The molecule has 0 heterocycles. The first-order valence-electron chi connectivity index (χ1n) is 8.54. The zero-order valence-corrected chi connectivity index (χ0v) is 16.7. The number of hydrogen-bond acceptors (Lipinski definition) is 7. The van der Waals surface area contributed by atoms with Crippen LogP contribution in [0, 0.1) is 26.1 Å². The van der Waals surface area contributed by atoms with E-state index in [2.05, 4.69) is 16.0 Å². The lowest BCUT2D eigenvalue weighted by molar-refractivity contribution is -0.394. The summed E-state index contributed by atoms with van der Waals surface area (Å²) in [6.45, 7) is 3.50. The van der Waals surface area contributed by atoms with E-state index in [1.54, 1.807) is 38.1 Å². The molecule has 0 spiro atoms. The van der Waals surface area contributed by atoms with Crippen LogP contribution < -0.4 is 16.0 Å². The Bertz CT molecular complexity index is 1010. The number of rotatable bonds is 6. The molecule has 0 unspecified atom stereocenters. The molecule has 2 aromatic rings. The Balaban J connectivity index is 2.12. The van der Waals surface area contributed by atoms with E-state index in [0.717, 1.165) is 18.2 Å². The third kappa shape index (κ3) is 6.04. The van der Waals surface area contributed by atoms with Gasteiger partial charge in [0, 0.05) is 29.4 Å². The first-order valence-corrected chi connectivity index (χ1v) is 8.94. The van der Waals surface area contributed by atoms with Gasteiger partial charge in [0.15, 0.2) is 5.11 Å². The SMILES string of the molecule is CC(C)C(=O)Nc1cccc(NC(=S)NC(=O)c2cc([N+](=O)[O-])cc([N+](=O)[O-])c2)c1. The van der Waals surface area contributed by atoms with Crippen molar-refractivity contribution in [3.8, 4) is 0 Å². The summed E-state index contributed by atoms with van der Waals surface area (Å²) in [6.07, 6.45) is 0. The second-order valence-corrected chi connectivity index (χ2v) is 6.79. The van der Waals surface area contributed by atoms with Gasteiger partial charge < -0.3 is 10.6 Å². The summed E-state index contributed by atoms with van der Waals surface area (Å²) in [4.78, 5) is 44.4. The minimum absolute atomic E-state index is 0.138. The summed E-state index contributed by atoms with van der Waals surface area (Å²) in [5.74, 6) is -1.24. The molecule has 0 aliphatic heterocycles. The molecule has 0 fully saturated rings. The number of nitro benzene ring substituents is 2. The fourth-order valence-electron chi connectivity index (χ4n) is 2.24. The van der Waals surface area contributed by atoms with E-state index in [4.69, 9.17) is 12.2 Å². The molecule has 0 saturated carbocycles. The molecule has 2 aromatic carbocycles. The molecular formula is C18H17N5O6S. The van der Waals surface area contributed by atoms with Gasteiger partial charge >= 0.3 is 0 Å². The van der Waals surface area contributed by atoms with E-state index >= 15 is 0 Å². The van der Waals surface area contributed by atoms with Crippen molar-refractivity contribution in [2.45, 2.75) is 13.8 Å². The summed E-state index contributed by atoms with van der Waals surface area (Å²) in [5.41, 5.74) is -0.504. The van der Waals surface area contributed by atoms with E-state index in [0.29, 0.717) is 11.4 Å². The highest BCUT2D eigenvalue weighted by atomic mass is 32.1. The Hall–Kier alpha value is -3.93. The maximum absolute atomic E-state index is 12.3. The van der Waals surface area contributed by atoms with Crippen LogP contribution in [0.5, 0.6) is 0 Å². The van der Waals surface area contributed by atoms with Crippen molar-refractivity contribution in [1.29, 1.82) is 0 Å². The predicted molar refractivity (Wildman–Crippen MR) is 113 cm³/mol. The van der Waals surface area contributed by atoms with Gasteiger partial charge in [0.2, 0.25) is 5.91 Å². The Morgan fingerprint density at radius 1 is 0.933 bits per heavy atom. The monoisotopic (exact) mass is 431 g/mol. The van der Waals surface area contributed by atoms with Gasteiger partial charge in [-0.1, -0.05) is 19.9 Å². The van der Waals surface area contributed by atoms with Crippen molar-refractivity contribution in [3.05, 3.63) is 68.3 Å². The van der Waals surface area contributed by atoms with E-state index in [1.807, 2.05) is 0 Å². The van der Waals surface area contributed by atoms with Crippen molar-refractivity contribution in [2.24, 2.45) is 5.92 Å². The fraction of sp³-hybridized carbons (Fsp3) is 0.167. The minimum Gasteiger partial charge on any atom is -0.332 e. The summed E-state index contributed by atoms with van der Waals surface area (Å²) in [5, 5.41) is 29.5. The van der Waals surface area contributed by atoms with Gasteiger partial charge in [0.1, 0.15) is 0 Å². The number of carbonyl (C=O) groups excluding carboxylic acids is 2. The number of amides is 2. The third-order valence-electron chi connectivity index (χ3n) is 3.73. The molecule has 0 radical (unpaired) electrons. The number of nitro groups is 2. The minimum atomic E-state index is -0.858. The molecule has 2 amide bonds. The lowest BCUT2D eigenvalue weighted by atomic mass is 10.1. The summed E-state index contributed by atoms with van der Waals surface area (Å²) >= 11 is 5.06. The topological polar surface area (TPSA) is 157 Å². The Labute approximate surface area is 175 Å². The lowest BCUT2D eigenvalue weighted by Crippen LogP contribution is -2.34. The highest BCUT2D eigenvalue weighted by molar-refractivity contribution is 7.80. The fourth-order valence-corrected chi connectivity index (χ4v) is 2.45. The second-order valence-electron chi connectivity index (χ2n) is 6.39. The van der Waals surface area contributed by atoms with Gasteiger partial charge in [-0.05, 0) is 30.4 Å². The van der Waals surface area contributed by atoms with Crippen LogP contribution in [-0.4, -0.2) is 26.8 Å². The van der Waals surface area contributed by atoms with Crippen molar-refractivity contribution in [1.82, 2.24) is 5.32 Å². The van der Waals surface area contributed by atoms with Gasteiger partial charge in [-0.25, -0.2) is 0 Å². The molecule has 2 rings (SSSR count). The molecule has 3 N–H and O–H groups in total. The molecule has 156 valence electrons. The number of carbonyl (C=O) groups is 2. The normalized spacial score (nSPS) is 10.2. The van der Waals surface area contributed by atoms with Gasteiger partial charge in [-0.3, -0.25) is 35.1 Å². The molecule has 11 nitrogen and oxygen atoms in total. The Morgan fingerprint density at radius 2 is 1.47 bits per heavy atom. The first kappa shape index (κ1) is 22.4. The zero-order valence-electron chi connectivity index (χ0n) is 15.9. The summed E-state index contributed by atoms with van der Waals surface area (Å²) in [6, 6.07) is 9.14. The summed E-state index contributed by atoms with van der Waals surface area (Å²) < 4.78 is 0. The quantitative estimate of drug-likeness (QED) is 0.357. The summed E-state index contributed by atoms with van der Waals surface area (Å²) in [7, 11) is 0. The van der Waals surface area contributed by atoms with Crippen LogP contribution in [0.4, 0.5) is 22.7 Å². The van der Waals surface area contributed by atoms with E-state index < -0.39 is 27.1 Å². The van der Waals surface area contributed by atoms with Crippen LogP contribution in [0.2, 0.25) is 0 Å².